The molecule has 0 aromatic rings. The van der Waals surface area contributed by atoms with Crippen LogP contribution >= 0.6 is 13.5 Å². The molecule has 0 saturated heterocycles. The Hall–Kier alpha value is 1.23. The second-order valence-corrected chi connectivity index (χ2v) is 17.6. The number of hydrogen-bond donors (Lipinski definition) is 0. The van der Waals surface area contributed by atoms with Crippen LogP contribution in [-0.2, 0) is 88.6 Å². The smallest absolute Gasteiger partial charge is 0.782 e. The Bertz CT molecular complexity index is 739. The molecule has 0 aromatic carbocycles. The molecule has 0 amide bonds. The Balaban J connectivity index is -0.0000000819. The SMILES string of the molecule is CC(C)CCCCCOC(=O)C[S-].CC(C)CCCCCOC(=O)C[S-].CC(C)CCCCCOC(=O)C[S-].CC(C)CCCCCOC(=O)C[S-].CCCC.CCCC.S.[Sn+2].[Sn+2]. The predicted molar refractivity (Wildman–Crippen MR) is 289 cm³/mol. The molecule has 0 aliphatic carbocycles. The molecule has 0 heterocycles. The number of carbonyl (C=O) groups excluding carboxylic acids is 4. The van der Waals surface area contributed by atoms with Crippen LogP contribution in [0.4, 0.5) is 0 Å². The van der Waals surface area contributed by atoms with Gasteiger partial charge in [-0.15, -0.1) is 0 Å². The summed E-state index contributed by atoms with van der Waals surface area (Å²) in [5.41, 5.74) is 0. The molecule has 0 rings (SSSR count). The topological polar surface area (TPSA) is 105 Å². The molecule has 0 atom stereocenters. The number of ether oxygens (including phenoxy) is 4. The van der Waals surface area contributed by atoms with E-state index in [2.05, 4.69) is 134 Å². The first-order chi connectivity index (χ1) is 28.5. The second-order valence-electron chi connectivity index (χ2n) is 16.4. The average molecular weight is 1200 g/mol. The summed E-state index contributed by atoms with van der Waals surface area (Å²) in [6.07, 6.45) is 23.6. The molecule has 0 unspecified atom stereocenters. The van der Waals surface area contributed by atoms with Gasteiger partial charge in [0.1, 0.15) is 0 Å². The minimum absolute atomic E-state index is 0. The van der Waals surface area contributed by atoms with Crippen LogP contribution in [0.25, 0.3) is 0 Å². The third kappa shape index (κ3) is 106. The fraction of sp³-hybridized carbons (Fsp3) is 0.917. The predicted octanol–water partition coefficient (Wildman–Crippen LogP) is 12.1. The van der Waals surface area contributed by atoms with E-state index in [9.17, 15) is 19.2 Å². The first-order valence-electron chi connectivity index (χ1n) is 23.4. The molecule has 0 aliphatic heterocycles. The van der Waals surface area contributed by atoms with Crippen molar-refractivity contribution < 1.29 is 38.1 Å². The Morgan fingerprint density at radius 1 is 0.333 bits per heavy atom. The van der Waals surface area contributed by atoms with Crippen molar-refractivity contribution in [3.05, 3.63) is 0 Å². The van der Waals surface area contributed by atoms with Crippen LogP contribution in [0.3, 0.4) is 0 Å². The number of carbonyl (C=O) groups is 4. The summed E-state index contributed by atoms with van der Waals surface area (Å²) in [5, 5.41) is 0. The minimum atomic E-state index is -0.265. The van der Waals surface area contributed by atoms with Gasteiger partial charge in [0.15, 0.2) is 0 Å². The number of rotatable bonds is 30. The molecule has 4 radical (unpaired) electrons. The fourth-order valence-electron chi connectivity index (χ4n) is 4.24. The Morgan fingerprint density at radius 3 is 0.603 bits per heavy atom. The summed E-state index contributed by atoms with van der Waals surface area (Å²) in [5.74, 6) is 2.34. The molecule has 0 fully saturated rings. The van der Waals surface area contributed by atoms with E-state index >= 15 is 0 Å². The van der Waals surface area contributed by atoms with Crippen molar-refractivity contribution in [3.63, 3.8) is 0 Å². The van der Waals surface area contributed by atoms with Crippen molar-refractivity contribution in [2.75, 3.05) is 49.4 Å². The third-order valence-corrected chi connectivity index (χ3v) is 9.17. The van der Waals surface area contributed by atoms with E-state index in [1.807, 2.05) is 0 Å². The van der Waals surface area contributed by atoms with Gasteiger partial charge >= 0.3 is 47.8 Å². The van der Waals surface area contributed by atoms with Crippen LogP contribution in [0.15, 0.2) is 0 Å². The Labute approximate surface area is 454 Å². The molecule has 376 valence electrons. The molecular weight excluding hydrogens is 1100 g/mol. The maximum atomic E-state index is 10.6. The normalized spacial score (nSPS) is 9.59. The molecule has 0 bridgehead atoms. The molecule has 0 N–H and O–H groups in total. The van der Waals surface area contributed by atoms with Crippen molar-refractivity contribution in [1.29, 1.82) is 0 Å². The summed E-state index contributed by atoms with van der Waals surface area (Å²) in [6.45, 7) is 28.6. The largest absolute Gasteiger partial charge is 2.00 e. The molecule has 0 aromatic heterocycles. The Morgan fingerprint density at radius 2 is 0.492 bits per heavy atom. The first kappa shape index (κ1) is 84.2. The Kier molecular flexibility index (Phi) is 99.9. The fourth-order valence-corrected chi connectivity index (χ4v) is 4.57. The third-order valence-electron chi connectivity index (χ3n) is 8.23. The number of hydrogen-bond acceptors (Lipinski definition) is 12. The summed E-state index contributed by atoms with van der Waals surface area (Å²) in [6, 6.07) is 0. The molecule has 63 heavy (non-hydrogen) atoms. The van der Waals surface area contributed by atoms with Gasteiger partial charge in [0.25, 0.3) is 23.9 Å². The van der Waals surface area contributed by atoms with Gasteiger partial charge in [-0.3, -0.25) is 19.2 Å². The van der Waals surface area contributed by atoms with Gasteiger partial charge in [-0.05, 0) is 49.4 Å². The number of unbranched alkanes of at least 4 members (excludes halogenated alkanes) is 10. The van der Waals surface area contributed by atoms with Gasteiger partial charge in [0.2, 0.25) is 0 Å². The van der Waals surface area contributed by atoms with Crippen LogP contribution in [0.1, 0.15) is 212 Å². The van der Waals surface area contributed by atoms with Gasteiger partial charge < -0.3 is 69.5 Å². The van der Waals surface area contributed by atoms with E-state index in [-0.39, 0.29) is 108 Å². The standard InChI is InChI=1S/4C10H20O2S.2C4H10.H2S.2Sn/c4*1-9(2)6-4-3-5-7-12-10(11)8-13;2*1-3-4-2;;;/h4*9,13H,3-8H2,1-2H3;2*3-4H2,1-2H3;1H2;;/q;;;;;;;2*+2/p-4. The van der Waals surface area contributed by atoms with E-state index in [1.54, 1.807) is 0 Å². The van der Waals surface area contributed by atoms with Crippen LogP contribution in [-0.4, -0.2) is 121 Å². The van der Waals surface area contributed by atoms with Gasteiger partial charge in [0.05, 0.1) is 26.4 Å². The van der Waals surface area contributed by atoms with Gasteiger partial charge in [-0.1, -0.05) is 209 Å². The van der Waals surface area contributed by atoms with Crippen molar-refractivity contribution in [2.45, 2.75) is 212 Å². The molecule has 0 saturated carbocycles. The van der Waals surface area contributed by atoms with E-state index in [0.717, 1.165) is 75.0 Å². The zero-order valence-corrected chi connectivity index (χ0v) is 52.5. The number of esters is 4. The van der Waals surface area contributed by atoms with Gasteiger partial charge in [0, 0.05) is 0 Å². The molecule has 0 aliphatic rings. The summed E-state index contributed by atoms with van der Waals surface area (Å²) >= 11 is 18.1. The minimum Gasteiger partial charge on any atom is -0.782 e. The van der Waals surface area contributed by atoms with E-state index in [4.69, 9.17) is 18.9 Å². The van der Waals surface area contributed by atoms with Crippen LogP contribution in [0, 0.1) is 23.7 Å². The summed E-state index contributed by atoms with van der Waals surface area (Å²) in [7, 11) is 0. The molecule has 8 nitrogen and oxygen atoms in total. The zero-order valence-electron chi connectivity index (χ0n) is 42.5. The maximum Gasteiger partial charge on any atom is 2.00 e. The van der Waals surface area contributed by atoms with E-state index < -0.39 is 0 Å². The van der Waals surface area contributed by atoms with Crippen LogP contribution < -0.4 is 0 Å². The van der Waals surface area contributed by atoms with Crippen molar-refractivity contribution >= 4 is 136 Å². The van der Waals surface area contributed by atoms with Crippen molar-refractivity contribution in [1.82, 2.24) is 0 Å². The molecule has 15 heteroatoms. The zero-order chi connectivity index (χ0) is 47.2. The molecule has 0 spiro atoms. The first-order valence-corrected chi connectivity index (χ1v) is 25.7. The van der Waals surface area contributed by atoms with Gasteiger partial charge in [-0.25, -0.2) is 0 Å². The summed E-state index contributed by atoms with van der Waals surface area (Å²) in [4.78, 5) is 42.5. The average Bonchev–Trinajstić information content (AvgIpc) is 3.22. The van der Waals surface area contributed by atoms with Crippen LogP contribution in [0.2, 0.25) is 0 Å². The quantitative estimate of drug-likeness (QED) is 0.0225. The summed E-state index contributed by atoms with van der Waals surface area (Å²) < 4.78 is 19.4. The van der Waals surface area contributed by atoms with Crippen LogP contribution in [0.5, 0.6) is 0 Å². The maximum absolute atomic E-state index is 10.6. The second kappa shape index (κ2) is 74.8. The van der Waals surface area contributed by atoms with E-state index in [1.165, 1.54) is 77.0 Å². The molecular formula is C48H98O8S5Sn2. The van der Waals surface area contributed by atoms with Crippen molar-refractivity contribution in [3.8, 4) is 0 Å². The van der Waals surface area contributed by atoms with Crippen molar-refractivity contribution in [2.24, 2.45) is 23.7 Å². The van der Waals surface area contributed by atoms with Gasteiger partial charge in [-0.2, -0.15) is 13.5 Å². The van der Waals surface area contributed by atoms with E-state index in [0.29, 0.717) is 26.4 Å². The monoisotopic (exact) mass is 1200 g/mol.